The van der Waals surface area contributed by atoms with E-state index in [1.165, 1.54) is 24.8 Å². The topological polar surface area (TPSA) is 55.1 Å². The Hall–Kier alpha value is -2.26. The number of rotatable bonds is 4. The van der Waals surface area contributed by atoms with Crippen LogP contribution in [0, 0.1) is 17.8 Å². The number of hydrogen-bond donors (Lipinski definition) is 2. The minimum absolute atomic E-state index is 0.138. The van der Waals surface area contributed by atoms with Crippen LogP contribution in [0.5, 0.6) is 0 Å². The molecule has 0 heterocycles. The molecule has 4 rings (SSSR count). The van der Waals surface area contributed by atoms with Gasteiger partial charge in [0.2, 0.25) is 5.91 Å². The third kappa shape index (κ3) is 3.49. The number of allylic oxidation sites excluding steroid dienone is 1. The largest absolute Gasteiger partial charge is 0.397 e. The second kappa shape index (κ2) is 7.16. The fraction of sp³-hybridized carbons (Fsp3) is 0.318. The van der Waals surface area contributed by atoms with Gasteiger partial charge in [0.25, 0.3) is 0 Å². The molecule has 3 nitrogen and oxygen atoms in total. The van der Waals surface area contributed by atoms with Crippen molar-refractivity contribution in [1.82, 2.24) is 0 Å². The molecule has 2 aliphatic carbocycles. The van der Waals surface area contributed by atoms with Gasteiger partial charge < -0.3 is 11.1 Å². The Morgan fingerprint density at radius 3 is 2.58 bits per heavy atom. The van der Waals surface area contributed by atoms with E-state index >= 15 is 0 Å². The summed E-state index contributed by atoms with van der Waals surface area (Å²) >= 11 is 5.89. The molecule has 134 valence electrons. The molecule has 0 spiro atoms. The van der Waals surface area contributed by atoms with Crippen LogP contribution >= 0.6 is 11.6 Å². The van der Waals surface area contributed by atoms with Crippen LogP contribution < -0.4 is 11.1 Å². The van der Waals surface area contributed by atoms with Gasteiger partial charge in [-0.2, -0.15) is 0 Å². The normalized spacial score (nSPS) is 27.1. The number of benzene rings is 2. The highest BCUT2D eigenvalue weighted by atomic mass is 35.5. The summed E-state index contributed by atoms with van der Waals surface area (Å²) in [5.41, 5.74) is 8.43. The van der Waals surface area contributed by atoms with Crippen molar-refractivity contribution in [3.8, 4) is 0 Å². The number of nitrogens with one attached hydrogen (secondary N) is 1. The number of fused-ring (bicyclic) bond motifs is 2. The molecular formula is C22H23ClN2O. The summed E-state index contributed by atoms with van der Waals surface area (Å²) in [7, 11) is 0. The van der Waals surface area contributed by atoms with Crippen molar-refractivity contribution in [3.63, 3.8) is 0 Å². The SMILES string of the molecule is Nc1cc(Cl)ccc1NC(=O)C=CC1CC2CC1CC2c1ccccc1. The van der Waals surface area contributed by atoms with Gasteiger partial charge in [-0.15, -0.1) is 0 Å². The maximum atomic E-state index is 12.2. The average Bonchev–Trinajstić information content (AvgIpc) is 3.23. The predicted molar refractivity (Wildman–Crippen MR) is 107 cm³/mol. The zero-order valence-electron chi connectivity index (χ0n) is 14.6. The molecule has 4 atom stereocenters. The van der Waals surface area contributed by atoms with Crippen molar-refractivity contribution in [2.24, 2.45) is 17.8 Å². The van der Waals surface area contributed by atoms with Crippen molar-refractivity contribution < 1.29 is 4.79 Å². The summed E-state index contributed by atoms with van der Waals surface area (Å²) in [6.07, 6.45) is 7.44. The van der Waals surface area contributed by atoms with Gasteiger partial charge in [0.05, 0.1) is 11.4 Å². The van der Waals surface area contributed by atoms with E-state index in [1.807, 2.05) is 0 Å². The Morgan fingerprint density at radius 1 is 1.08 bits per heavy atom. The zero-order valence-corrected chi connectivity index (χ0v) is 15.3. The fourth-order valence-electron chi connectivity index (χ4n) is 4.70. The highest BCUT2D eigenvalue weighted by molar-refractivity contribution is 6.31. The van der Waals surface area contributed by atoms with Gasteiger partial charge in [0.15, 0.2) is 0 Å². The Morgan fingerprint density at radius 2 is 1.88 bits per heavy atom. The van der Waals surface area contributed by atoms with Crippen LogP contribution in [-0.2, 0) is 4.79 Å². The monoisotopic (exact) mass is 366 g/mol. The molecule has 4 heteroatoms. The minimum Gasteiger partial charge on any atom is -0.397 e. The van der Waals surface area contributed by atoms with E-state index in [9.17, 15) is 4.79 Å². The van der Waals surface area contributed by atoms with E-state index in [0.29, 0.717) is 34.2 Å². The molecule has 4 unspecified atom stereocenters. The number of anilines is 2. The standard InChI is InChI=1S/C22H23ClN2O/c23-18-7-8-21(20(24)13-18)25-22(26)9-6-15-10-17-11-16(15)12-19(17)14-4-2-1-3-5-14/h1-9,13,15-17,19H,10-12,24H2,(H,25,26). The van der Waals surface area contributed by atoms with Crippen LogP contribution in [-0.4, -0.2) is 5.91 Å². The van der Waals surface area contributed by atoms with Crippen LogP contribution in [0.25, 0.3) is 0 Å². The van der Waals surface area contributed by atoms with E-state index in [2.05, 4.69) is 41.7 Å². The zero-order chi connectivity index (χ0) is 18.1. The molecule has 2 fully saturated rings. The second-order valence-corrected chi connectivity index (χ2v) is 7.92. The number of halogens is 1. The first-order valence-corrected chi connectivity index (χ1v) is 9.57. The molecule has 2 bridgehead atoms. The molecule has 2 aromatic carbocycles. The Labute approximate surface area is 159 Å². The van der Waals surface area contributed by atoms with E-state index in [1.54, 1.807) is 24.3 Å². The molecule has 1 amide bonds. The van der Waals surface area contributed by atoms with E-state index in [0.717, 1.165) is 5.92 Å². The lowest BCUT2D eigenvalue weighted by Crippen LogP contribution is -2.16. The first-order chi connectivity index (χ1) is 12.6. The summed E-state index contributed by atoms with van der Waals surface area (Å²) in [5, 5.41) is 3.39. The summed E-state index contributed by atoms with van der Waals surface area (Å²) in [5.74, 6) is 2.49. The Balaban J connectivity index is 1.35. The average molecular weight is 367 g/mol. The summed E-state index contributed by atoms with van der Waals surface area (Å²) in [6, 6.07) is 15.9. The first-order valence-electron chi connectivity index (χ1n) is 9.19. The van der Waals surface area contributed by atoms with Crippen LogP contribution in [0.3, 0.4) is 0 Å². The maximum absolute atomic E-state index is 12.2. The Kier molecular flexibility index (Phi) is 4.73. The second-order valence-electron chi connectivity index (χ2n) is 7.49. The molecule has 2 saturated carbocycles. The van der Waals surface area contributed by atoms with Crippen LogP contribution in [0.1, 0.15) is 30.7 Å². The van der Waals surface area contributed by atoms with Crippen LogP contribution in [0.2, 0.25) is 5.02 Å². The highest BCUT2D eigenvalue weighted by Gasteiger charge is 2.45. The first kappa shape index (κ1) is 17.2. The van der Waals surface area contributed by atoms with Crippen molar-refractivity contribution in [3.05, 3.63) is 71.3 Å². The maximum Gasteiger partial charge on any atom is 0.248 e. The molecule has 2 aromatic rings. The molecule has 26 heavy (non-hydrogen) atoms. The number of hydrogen-bond acceptors (Lipinski definition) is 2. The highest BCUT2D eigenvalue weighted by Crippen LogP contribution is 2.56. The molecular weight excluding hydrogens is 344 g/mol. The summed E-state index contributed by atoms with van der Waals surface area (Å²) in [4.78, 5) is 12.2. The van der Waals surface area contributed by atoms with Gasteiger partial charge in [-0.1, -0.05) is 48.0 Å². The number of nitrogens with two attached hydrogens (primary N) is 1. The quantitative estimate of drug-likeness (QED) is 0.573. The van der Waals surface area contributed by atoms with Gasteiger partial charge >= 0.3 is 0 Å². The molecule has 0 aliphatic heterocycles. The third-order valence-electron chi connectivity index (χ3n) is 5.91. The molecule has 3 N–H and O–H groups in total. The number of nitrogen functional groups attached to an aromatic ring is 1. The predicted octanol–water partition coefficient (Wildman–Crippen LogP) is 5.25. The van der Waals surface area contributed by atoms with Crippen molar-refractivity contribution in [1.29, 1.82) is 0 Å². The number of amides is 1. The molecule has 0 saturated heterocycles. The summed E-state index contributed by atoms with van der Waals surface area (Å²) in [6.45, 7) is 0. The van der Waals surface area contributed by atoms with Gasteiger partial charge in [0.1, 0.15) is 0 Å². The van der Waals surface area contributed by atoms with Crippen molar-refractivity contribution in [2.45, 2.75) is 25.2 Å². The number of carbonyl (C=O) groups is 1. The lowest BCUT2D eigenvalue weighted by molar-refractivity contribution is -0.111. The lowest BCUT2D eigenvalue weighted by atomic mass is 9.78. The van der Waals surface area contributed by atoms with Crippen molar-refractivity contribution in [2.75, 3.05) is 11.1 Å². The van der Waals surface area contributed by atoms with E-state index in [-0.39, 0.29) is 5.91 Å². The van der Waals surface area contributed by atoms with Gasteiger partial charge in [-0.25, -0.2) is 0 Å². The minimum atomic E-state index is -0.138. The smallest absolute Gasteiger partial charge is 0.248 e. The van der Waals surface area contributed by atoms with Gasteiger partial charge in [-0.05, 0) is 72.8 Å². The third-order valence-corrected chi connectivity index (χ3v) is 6.14. The number of carbonyl (C=O) groups excluding carboxylic acids is 1. The molecule has 0 radical (unpaired) electrons. The fourth-order valence-corrected chi connectivity index (χ4v) is 4.88. The molecule has 2 aliphatic rings. The van der Waals surface area contributed by atoms with Crippen LogP contribution in [0.4, 0.5) is 11.4 Å². The van der Waals surface area contributed by atoms with Gasteiger partial charge in [-0.3, -0.25) is 4.79 Å². The lowest BCUT2D eigenvalue weighted by Gasteiger charge is -2.26. The van der Waals surface area contributed by atoms with E-state index < -0.39 is 0 Å². The Bertz CT molecular complexity index is 833. The van der Waals surface area contributed by atoms with Crippen LogP contribution in [0.15, 0.2) is 60.7 Å². The van der Waals surface area contributed by atoms with E-state index in [4.69, 9.17) is 17.3 Å². The summed E-state index contributed by atoms with van der Waals surface area (Å²) < 4.78 is 0. The van der Waals surface area contributed by atoms with Gasteiger partial charge in [0, 0.05) is 5.02 Å². The van der Waals surface area contributed by atoms with Crippen molar-refractivity contribution >= 4 is 28.9 Å². The molecule has 0 aromatic heterocycles.